The summed E-state index contributed by atoms with van der Waals surface area (Å²) in [6, 6.07) is -1.29. The number of nitrogens with one attached hydrogen (secondary N) is 2. The molecule has 0 aliphatic carbocycles. The normalized spacial score (nSPS) is 11.9. The van der Waals surface area contributed by atoms with Crippen molar-refractivity contribution in [1.82, 2.24) is 16.0 Å². The molecule has 222 valence electrons. The Morgan fingerprint density at radius 2 is 0.947 bits per heavy atom. The Hall–Kier alpha value is -2.16. The molecule has 0 spiro atoms. The Kier molecular flexibility index (Phi) is 23.7. The monoisotopic (exact) mass is 540 g/mol. The summed E-state index contributed by atoms with van der Waals surface area (Å²) >= 11 is 0. The van der Waals surface area contributed by atoms with E-state index in [2.05, 4.69) is 24.7 Å². The smallest absolute Gasteiger partial charge is 0.324 e. The number of amides is 3. The van der Waals surface area contributed by atoms with E-state index in [0.29, 0.717) is 12.8 Å². The van der Waals surface area contributed by atoms with Crippen LogP contribution < -0.4 is 16.6 Å². The fraction of sp³-hybridized carbons (Fsp3) is 0.862. The third-order valence-electron chi connectivity index (χ3n) is 6.77. The van der Waals surface area contributed by atoms with Gasteiger partial charge in [0.1, 0.15) is 6.04 Å². The summed E-state index contributed by atoms with van der Waals surface area (Å²) in [7, 11) is 0. The van der Waals surface area contributed by atoms with Gasteiger partial charge in [-0.1, -0.05) is 117 Å². The number of hydrogen-bond donors (Lipinski definition) is 4. The Balaban J connectivity index is 4.56. The molecule has 0 aliphatic rings. The number of carboxylic acid groups (broad SMARTS) is 1. The third kappa shape index (κ3) is 21.9. The van der Waals surface area contributed by atoms with E-state index in [1.165, 1.54) is 64.2 Å². The van der Waals surface area contributed by atoms with Crippen molar-refractivity contribution in [2.45, 2.75) is 161 Å². The van der Waals surface area contributed by atoms with E-state index >= 15 is 0 Å². The Labute approximate surface area is 231 Å². The van der Waals surface area contributed by atoms with Crippen LogP contribution in [0.1, 0.15) is 155 Å². The van der Waals surface area contributed by atoms with Crippen molar-refractivity contribution in [2.24, 2.45) is 5.73 Å². The van der Waals surface area contributed by atoms with Gasteiger partial charge in [-0.25, -0.2) is 0 Å². The molecule has 0 bridgehead atoms. The minimum atomic E-state index is -1.29. The standard InChI is InChI=1S/C29H56N4O5/c1-3-5-7-9-11-13-15-17-19-21-27(35)31-33(25(29(37)38)23-24-26(30)34)32-28(36)22-20-18-16-14-12-10-8-6-4-2/h25H,3-24H2,1-2H3,(H2,30,34)(H,31,35)(H,32,36)(H,37,38)/t25-/m0/s1. The summed E-state index contributed by atoms with van der Waals surface area (Å²) in [5, 5.41) is 10.6. The fourth-order valence-electron chi connectivity index (χ4n) is 4.40. The zero-order chi connectivity index (χ0) is 28.4. The zero-order valence-corrected chi connectivity index (χ0v) is 24.2. The summed E-state index contributed by atoms with van der Waals surface area (Å²) in [4.78, 5) is 48.2. The van der Waals surface area contributed by atoms with E-state index in [1.807, 2.05) is 0 Å². The second-order valence-electron chi connectivity index (χ2n) is 10.5. The van der Waals surface area contributed by atoms with Gasteiger partial charge < -0.3 is 10.8 Å². The maximum absolute atomic E-state index is 12.5. The minimum Gasteiger partial charge on any atom is -0.480 e. The van der Waals surface area contributed by atoms with E-state index in [0.717, 1.165) is 43.6 Å². The Morgan fingerprint density at radius 1 is 0.605 bits per heavy atom. The molecule has 5 N–H and O–H groups in total. The number of aliphatic carboxylic acids is 1. The van der Waals surface area contributed by atoms with Gasteiger partial charge in [0.25, 0.3) is 0 Å². The van der Waals surface area contributed by atoms with E-state index in [9.17, 15) is 24.3 Å². The van der Waals surface area contributed by atoms with E-state index in [1.54, 1.807) is 0 Å². The Morgan fingerprint density at radius 3 is 1.26 bits per heavy atom. The molecule has 0 fully saturated rings. The van der Waals surface area contributed by atoms with Crippen molar-refractivity contribution in [3.63, 3.8) is 0 Å². The molecule has 1 atom stereocenters. The molecule has 9 nitrogen and oxygen atoms in total. The summed E-state index contributed by atoms with van der Waals surface area (Å²) in [6.45, 7) is 4.40. The summed E-state index contributed by atoms with van der Waals surface area (Å²) < 4.78 is 0. The summed E-state index contributed by atoms with van der Waals surface area (Å²) in [5.74, 6) is -2.61. The topological polar surface area (TPSA) is 142 Å². The first-order chi connectivity index (χ1) is 18.3. The largest absolute Gasteiger partial charge is 0.480 e. The summed E-state index contributed by atoms with van der Waals surface area (Å²) in [5.41, 5.74) is 10.3. The van der Waals surface area contributed by atoms with Gasteiger partial charge >= 0.3 is 5.97 Å². The number of unbranched alkanes of at least 4 members (excludes halogenated alkanes) is 16. The highest BCUT2D eigenvalue weighted by Crippen LogP contribution is 2.12. The van der Waals surface area contributed by atoms with Crippen LogP contribution in [-0.4, -0.2) is 40.0 Å². The van der Waals surface area contributed by atoms with Crippen molar-refractivity contribution in [3.8, 4) is 0 Å². The predicted octanol–water partition coefficient (Wildman–Crippen LogP) is 5.91. The van der Waals surface area contributed by atoms with Crippen LogP contribution in [0.5, 0.6) is 0 Å². The lowest BCUT2D eigenvalue weighted by molar-refractivity contribution is -0.152. The number of carboxylic acids is 1. The minimum absolute atomic E-state index is 0.124. The SMILES string of the molecule is CCCCCCCCCCCC(=O)NN(NC(=O)CCCCCCCCCCC)[C@@H](CCC(N)=O)C(=O)O. The molecule has 0 aromatic rings. The van der Waals surface area contributed by atoms with Crippen LogP contribution in [0.15, 0.2) is 0 Å². The number of carbonyl (C=O) groups is 4. The number of rotatable bonds is 27. The highest BCUT2D eigenvalue weighted by molar-refractivity contribution is 5.80. The molecule has 0 saturated carbocycles. The van der Waals surface area contributed by atoms with Gasteiger partial charge in [0.15, 0.2) is 0 Å². The molecule has 0 rings (SSSR count). The second kappa shape index (κ2) is 25.1. The first-order valence-corrected chi connectivity index (χ1v) is 15.2. The van der Waals surface area contributed by atoms with Gasteiger partial charge in [0, 0.05) is 19.3 Å². The third-order valence-corrected chi connectivity index (χ3v) is 6.77. The van der Waals surface area contributed by atoms with Crippen LogP contribution in [-0.2, 0) is 19.2 Å². The quantitative estimate of drug-likeness (QED) is 0.0753. The van der Waals surface area contributed by atoms with Crippen molar-refractivity contribution in [3.05, 3.63) is 0 Å². The van der Waals surface area contributed by atoms with Gasteiger partial charge in [0.2, 0.25) is 17.7 Å². The van der Waals surface area contributed by atoms with E-state index < -0.39 is 17.9 Å². The molecular weight excluding hydrogens is 484 g/mol. The van der Waals surface area contributed by atoms with Crippen LogP contribution in [0.4, 0.5) is 0 Å². The van der Waals surface area contributed by atoms with Crippen LogP contribution in [0.3, 0.4) is 0 Å². The van der Waals surface area contributed by atoms with Gasteiger partial charge in [-0.2, -0.15) is 0 Å². The van der Waals surface area contributed by atoms with E-state index in [-0.39, 0.29) is 37.5 Å². The summed E-state index contributed by atoms with van der Waals surface area (Å²) in [6.07, 6.45) is 20.4. The van der Waals surface area contributed by atoms with Gasteiger partial charge in [-0.05, 0) is 19.3 Å². The van der Waals surface area contributed by atoms with Crippen LogP contribution in [0.25, 0.3) is 0 Å². The van der Waals surface area contributed by atoms with Gasteiger partial charge in [-0.15, -0.1) is 5.12 Å². The first-order valence-electron chi connectivity index (χ1n) is 15.2. The maximum atomic E-state index is 12.5. The number of carbonyl (C=O) groups excluding carboxylic acids is 3. The zero-order valence-electron chi connectivity index (χ0n) is 24.2. The van der Waals surface area contributed by atoms with Crippen LogP contribution in [0.2, 0.25) is 0 Å². The number of primary amides is 1. The highest BCUT2D eigenvalue weighted by Gasteiger charge is 2.29. The molecule has 9 heteroatoms. The predicted molar refractivity (Wildman–Crippen MR) is 152 cm³/mol. The average Bonchev–Trinajstić information content (AvgIpc) is 2.86. The maximum Gasteiger partial charge on any atom is 0.324 e. The molecule has 0 radical (unpaired) electrons. The lowest BCUT2D eigenvalue weighted by atomic mass is 10.1. The molecule has 38 heavy (non-hydrogen) atoms. The molecule has 0 unspecified atom stereocenters. The molecule has 0 heterocycles. The molecule has 0 aromatic heterocycles. The van der Waals surface area contributed by atoms with Gasteiger partial charge in [-0.3, -0.25) is 30.0 Å². The lowest BCUT2D eigenvalue weighted by Crippen LogP contribution is -2.60. The van der Waals surface area contributed by atoms with E-state index in [4.69, 9.17) is 5.73 Å². The average molecular weight is 541 g/mol. The number of hydrogen-bond acceptors (Lipinski definition) is 5. The Bertz CT molecular complexity index is 608. The molecule has 0 saturated heterocycles. The van der Waals surface area contributed by atoms with Crippen LogP contribution >= 0.6 is 0 Å². The molecule has 0 aliphatic heterocycles. The first kappa shape index (κ1) is 35.8. The number of nitrogens with zero attached hydrogens (tertiary/aromatic N) is 1. The molecule has 0 aromatic carbocycles. The lowest BCUT2D eigenvalue weighted by Gasteiger charge is -2.29. The molecular formula is C29H56N4O5. The second-order valence-corrected chi connectivity index (χ2v) is 10.5. The van der Waals surface area contributed by atoms with Crippen molar-refractivity contribution in [1.29, 1.82) is 0 Å². The van der Waals surface area contributed by atoms with Crippen LogP contribution in [0, 0.1) is 0 Å². The highest BCUT2D eigenvalue weighted by atomic mass is 16.4. The fourth-order valence-corrected chi connectivity index (χ4v) is 4.40. The number of nitrogens with two attached hydrogens (primary N) is 1. The van der Waals surface area contributed by atoms with Crippen molar-refractivity contribution in [2.75, 3.05) is 0 Å². The van der Waals surface area contributed by atoms with Crippen molar-refractivity contribution >= 4 is 23.7 Å². The van der Waals surface area contributed by atoms with Gasteiger partial charge in [0.05, 0.1) is 0 Å². The van der Waals surface area contributed by atoms with Crippen molar-refractivity contribution < 1.29 is 24.3 Å². The number of hydrazine groups is 2. The molecule has 3 amide bonds.